The summed E-state index contributed by atoms with van der Waals surface area (Å²) in [5.74, 6) is -1.02. The van der Waals surface area contributed by atoms with E-state index >= 15 is 0 Å². The first-order chi connectivity index (χ1) is 7.60. The van der Waals surface area contributed by atoms with Gasteiger partial charge in [0.2, 0.25) is 0 Å². The number of carboxylic acids is 1. The van der Waals surface area contributed by atoms with Crippen LogP contribution in [0.15, 0.2) is 0 Å². The SMILES string of the molecule is CSC(C)(C)CNS(=O)(=O)N(C)CCC(=O)O. The monoisotopic (exact) mass is 284 g/mol. The summed E-state index contributed by atoms with van der Waals surface area (Å²) in [6.07, 6.45) is 1.70. The zero-order chi connectivity index (χ0) is 13.7. The molecule has 6 nitrogen and oxygen atoms in total. The van der Waals surface area contributed by atoms with E-state index in [0.29, 0.717) is 6.54 Å². The van der Waals surface area contributed by atoms with Gasteiger partial charge in [0, 0.05) is 24.9 Å². The second-order valence-corrected chi connectivity index (χ2v) is 7.63. The van der Waals surface area contributed by atoms with Gasteiger partial charge < -0.3 is 5.11 Å². The van der Waals surface area contributed by atoms with E-state index in [-0.39, 0.29) is 17.7 Å². The Bertz CT molecular complexity index is 354. The summed E-state index contributed by atoms with van der Waals surface area (Å²) in [4.78, 5) is 10.3. The number of nitrogens with zero attached hydrogens (tertiary/aromatic N) is 1. The summed E-state index contributed by atoms with van der Waals surface area (Å²) in [5, 5.41) is 8.48. The number of aliphatic carboxylic acids is 1. The van der Waals surface area contributed by atoms with Crippen LogP contribution in [0.1, 0.15) is 20.3 Å². The fourth-order valence-electron chi connectivity index (χ4n) is 0.821. The minimum absolute atomic E-state index is 0.0373. The first-order valence-electron chi connectivity index (χ1n) is 5.08. The van der Waals surface area contributed by atoms with Crippen molar-refractivity contribution in [2.45, 2.75) is 25.0 Å². The molecule has 17 heavy (non-hydrogen) atoms. The second kappa shape index (κ2) is 6.58. The number of carboxylic acid groups (broad SMARTS) is 1. The maximum absolute atomic E-state index is 11.7. The quantitative estimate of drug-likeness (QED) is 0.672. The van der Waals surface area contributed by atoms with Gasteiger partial charge >= 0.3 is 5.97 Å². The minimum atomic E-state index is -3.59. The molecule has 0 saturated carbocycles. The molecule has 0 aliphatic carbocycles. The van der Waals surface area contributed by atoms with Crippen LogP contribution in [0.2, 0.25) is 0 Å². The molecule has 0 fully saturated rings. The third kappa shape index (κ3) is 6.87. The molecule has 0 heterocycles. The summed E-state index contributed by atoms with van der Waals surface area (Å²) < 4.78 is 26.7. The summed E-state index contributed by atoms with van der Waals surface area (Å²) in [5.41, 5.74) is 0. The lowest BCUT2D eigenvalue weighted by molar-refractivity contribution is -0.137. The van der Waals surface area contributed by atoms with Crippen LogP contribution in [0.25, 0.3) is 0 Å². The van der Waals surface area contributed by atoms with Crippen LogP contribution < -0.4 is 4.72 Å². The number of hydrogen-bond acceptors (Lipinski definition) is 4. The highest BCUT2D eigenvalue weighted by Crippen LogP contribution is 2.19. The Labute approximate surface area is 107 Å². The molecule has 0 amide bonds. The van der Waals surface area contributed by atoms with E-state index in [1.165, 1.54) is 7.05 Å². The van der Waals surface area contributed by atoms with Crippen molar-refractivity contribution in [3.8, 4) is 0 Å². The highest BCUT2D eigenvalue weighted by molar-refractivity contribution is 8.00. The second-order valence-electron chi connectivity index (χ2n) is 4.26. The van der Waals surface area contributed by atoms with Gasteiger partial charge in [-0.05, 0) is 20.1 Å². The summed E-state index contributed by atoms with van der Waals surface area (Å²) >= 11 is 1.56. The zero-order valence-corrected chi connectivity index (χ0v) is 12.2. The van der Waals surface area contributed by atoms with E-state index in [9.17, 15) is 13.2 Å². The summed E-state index contributed by atoms with van der Waals surface area (Å²) in [7, 11) is -2.23. The van der Waals surface area contributed by atoms with E-state index in [1.54, 1.807) is 11.8 Å². The number of rotatable bonds is 8. The van der Waals surface area contributed by atoms with Gasteiger partial charge in [0.25, 0.3) is 10.2 Å². The lowest BCUT2D eigenvalue weighted by Gasteiger charge is -2.24. The van der Waals surface area contributed by atoms with E-state index in [2.05, 4.69) is 4.72 Å². The predicted octanol–water partition coefficient (Wildman–Crippen LogP) is 0.369. The van der Waals surface area contributed by atoms with Crippen LogP contribution in [0.5, 0.6) is 0 Å². The van der Waals surface area contributed by atoms with Crippen molar-refractivity contribution >= 4 is 27.9 Å². The predicted molar refractivity (Wildman–Crippen MR) is 69.4 cm³/mol. The molecule has 0 unspecified atom stereocenters. The Hall–Kier alpha value is -0.310. The topological polar surface area (TPSA) is 86.7 Å². The largest absolute Gasteiger partial charge is 0.481 e. The van der Waals surface area contributed by atoms with Gasteiger partial charge in [-0.2, -0.15) is 24.5 Å². The minimum Gasteiger partial charge on any atom is -0.481 e. The highest BCUT2D eigenvalue weighted by atomic mass is 32.2. The first-order valence-corrected chi connectivity index (χ1v) is 7.75. The van der Waals surface area contributed by atoms with Gasteiger partial charge in [-0.3, -0.25) is 4.79 Å². The number of thioether (sulfide) groups is 1. The van der Waals surface area contributed by atoms with Crippen LogP contribution >= 0.6 is 11.8 Å². The molecule has 8 heteroatoms. The van der Waals surface area contributed by atoms with Gasteiger partial charge in [0.05, 0.1) is 6.42 Å². The average molecular weight is 284 g/mol. The summed E-state index contributed by atoms with van der Waals surface area (Å²) in [6.45, 7) is 4.12. The molecule has 0 rings (SSSR count). The van der Waals surface area contributed by atoms with Crippen molar-refractivity contribution in [2.75, 3.05) is 26.4 Å². The Morgan fingerprint density at radius 3 is 2.41 bits per heavy atom. The molecule has 0 aromatic carbocycles. The molecule has 0 saturated heterocycles. The normalized spacial score (nSPS) is 13.0. The van der Waals surface area contributed by atoms with Crippen molar-refractivity contribution in [1.82, 2.24) is 9.03 Å². The van der Waals surface area contributed by atoms with E-state index in [4.69, 9.17) is 5.11 Å². The van der Waals surface area contributed by atoms with Gasteiger partial charge in [-0.25, -0.2) is 4.72 Å². The molecular formula is C9H20N2O4S2. The van der Waals surface area contributed by atoms with Crippen LogP contribution in [0, 0.1) is 0 Å². The molecule has 2 N–H and O–H groups in total. The highest BCUT2D eigenvalue weighted by Gasteiger charge is 2.23. The fraction of sp³-hybridized carbons (Fsp3) is 0.889. The Morgan fingerprint density at radius 1 is 1.47 bits per heavy atom. The van der Waals surface area contributed by atoms with Crippen LogP contribution in [0.3, 0.4) is 0 Å². The maximum atomic E-state index is 11.7. The van der Waals surface area contributed by atoms with E-state index < -0.39 is 16.2 Å². The third-order valence-electron chi connectivity index (χ3n) is 2.28. The van der Waals surface area contributed by atoms with Crippen molar-refractivity contribution in [3.05, 3.63) is 0 Å². The molecule has 102 valence electrons. The lowest BCUT2D eigenvalue weighted by Crippen LogP contribution is -2.44. The first kappa shape index (κ1) is 16.7. The van der Waals surface area contributed by atoms with Gasteiger partial charge in [0.15, 0.2) is 0 Å². The van der Waals surface area contributed by atoms with Gasteiger partial charge in [-0.1, -0.05) is 0 Å². The molecule has 0 atom stereocenters. The molecule has 0 aromatic heterocycles. The van der Waals surface area contributed by atoms with Crippen molar-refractivity contribution in [2.24, 2.45) is 0 Å². The average Bonchev–Trinajstić information content (AvgIpc) is 2.23. The standard InChI is InChI=1S/C9H20N2O4S2/c1-9(2,16-4)7-10-17(14,15)11(3)6-5-8(12)13/h10H,5-7H2,1-4H3,(H,12,13). The molecule has 0 radical (unpaired) electrons. The third-order valence-corrected chi connectivity index (χ3v) is 5.05. The zero-order valence-electron chi connectivity index (χ0n) is 10.6. The van der Waals surface area contributed by atoms with Gasteiger partial charge in [0.1, 0.15) is 0 Å². The molecule has 0 spiro atoms. The Kier molecular flexibility index (Phi) is 6.46. The van der Waals surface area contributed by atoms with Gasteiger partial charge in [-0.15, -0.1) is 0 Å². The Morgan fingerprint density at radius 2 is 2.00 bits per heavy atom. The number of carbonyl (C=O) groups is 1. The maximum Gasteiger partial charge on any atom is 0.304 e. The van der Waals surface area contributed by atoms with Crippen molar-refractivity contribution < 1.29 is 18.3 Å². The molecule has 0 bridgehead atoms. The number of hydrogen-bond donors (Lipinski definition) is 2. The van der Waals surface area contributed by atoms with E-state index in [0.717, 1.165) is 4.31 Å². The molecule has 0 aliphatic rings. The lowest BCUT2D eigenvalue weighted by atomic mass is 10.2. The van der Waals surface area contributed by atoms with Crippen molar-refractivity contribution in [3.63, 3.8) is 0 Å². The fourth-order valence-corrected chi connectivity index (χ4v) is 2.22. The van der Waals surface area contributed by atoms with Crippen LogP contribution in [-0.4, -0.2) is 54.9 Å². The summed E-state index contributed by atoms with van der Waals surface area (Å²) in [6, 6.07) is 0. The van der Waals surface area contributed by atoms with Crippen molar-refractivity contribution in [1.29, 1.82) is 0 Å². The molecule has 0 aliphatic heterocycles. The number of nitrogens with one attached hydrogen (secondary N) is 1. The van der Waals surface area contributed by atoms with Crippen LogP contribution in [0.4, 0.5) is 0 Å². The van der Waals surface area contributed by atoms with E-state index in [1.807, 2.05) is 20.1 Å². The Balaban J connectivity index is 4.33. The smallest absolute Gasteiger partial charge is 0.304 e. The molecular weight excluding hydrogens is 264 g/mol. The van der Waals surface area contributed by atoms with Crippen LogP contribution in [-0.2, 0) is 15.0 Å². The molecule has 0 aromatic rings.